The topological polar surface area (TPSA) is 12.9 Å². The van der Waals surface area contributed by atoms with E-state index < -0.39 is 0 Å². The summed E-state index contributed by atoms with van der Waals surface area (Å²) in [6.45, 7) is 4.57. The molecule has 2 heteroatoms. The fourth-order valence-electron chi connectivity index (χ4n) is 2.17. The number of rotatable bonds is 2. The van der Waals surface area contributed by atoms with E-state index in [2.05, 4.69) is 25.0 Å². The Bertz CT molecular complexity index is 279. The maximum atomic E-state index is 4.54. The molecule has 2 atom stereocenters. The predicted octanol–water partition coefficient (Wildman–Crippen LogP) is 3.61. The molecule has 0 radical (unpaired) electrons. The highest BCUT2D eigenvalue weighted by Gasteiger charge is 2.26. The summed E-state index contributed by atoms with van der Waals surface area (Å²) in [7, 11) is 0. The van der Waals surface area contributed by atoms with Crippen molar-refractivity contribution in [2.24, 2.45) is 5.92 Å². The molecule has 2 rings (SSSR count). The van der Waals surface area contributed by atoms with Crippen LogP contribution < -0.4 is 0 Å². The zero-order chi connectivity index (χ0) is 9.26. The van der Waals surface area contributed by atoms with Crippen LogP contribution in [0.5, 0.6) is 0 Å². The van der Waals surface area contributed by atoms with Crippen LogP contribution in [-0.2, 0) is 6.42 Å². The largest absolute Gasteiger partial charge is 0.249 e. The first-order valence-electron chi connectivity index (χ1n) is 5.26. The van der Waals surface area contributed by atoms with Crippen LogP contribution in [0.4, 0.5) is 0 Å². The Morgan fingerprint density at radius 3 is 2.92 bits per heavy atom. The Labute approximate surface area is 84.2 Å². The van der Waals surface area contributed by atoms with E-state index in [0.29, 0.717) is 0 Å². The highest BCUT2D eigenvalue weighted by Crippen LogP contribution is 2.40. The van der Waals surface area contributed by atoms with E-state index in [1.165, 1.54) is 29.1 Å². The minimum atomic E-state index is 0.769. The molecule has 1 fully saturated rings. The molecule has 1 aromatic heterocycles. The summed E-state index contributed by atoms with van der Waals surface area (Å²) < 4.78 is 0. The van der Waals surface area contributed by atoms with Crippen LogP contribution >= 0.6 is 11.3 Å². The molecule has 1 heterocycles. The molecule has 0 spiro atoms. The quantitative estimate of drug-likeness (QED) is 0.702. The molecule has 1 aromatic rings. The van der Waals surface area contributed by atoms with Gasteiger partial charge in [-0.25, -0.2) is 4.98 Å². The van der Waals surface area contributed by atoms with Crippen LogP contribution in [0, 0.1) is 5.92 Å². The predicted molar refractivity (Wildman–Crippen MR) is 57.2 cm³/mol. The SMILES string of the molecule is CCc1cnc(C2CCCC2C)s1. The summed E-state index contributed by atoms with van der Waals surface area (Å²) in [5, 5.41) is 1.39. The first-order valence-corrected chi connectivity index (χ1v) is 6.07. The van der Waals surface area contributed by atoms with Crippen molar-refractivity contribution in [3.8, 4) is 0 Å². The molecule has 2 unspecified atom stereocenters. The third-order valence-electron chi connectivity index (χ3n) is 3.10. The number of thiazole rings is 1. The summed E-state index contributed by atoms with van der Waals surface area (Å²) in [5.74, 6) is 1.63. The summed E-state index contributed by atoms with van der Waals surface area (Å²) in [4.78, 5) is 5.98. The van der Waals surface area contributed by atoms with Crippen molar-refractivity contribution in [2.45, 2.75) is 45.4 Å². The van der Waals surface area contributed by atoms with Gasteiger partial charge in [0.15, 0.2) is 0 Å². The Morgan fingerprint density at radius 1 is 1.54 bits per heavy atom. The third kappa shape index (κ3) is 1.78. The molecular formula is C11H17NS. The summed E-state index contributed by atoms with van der Waals surface area (Å²) in [5.41, 5.74) is 0. The van der Waals surface area contributed by atoms with Gasteiger partial charge in [-0.2, -0.15) is 0 Å². The van der Waals surface area contributed by atoms with Gasteiger partial charge in [0.1, 0.15) is 0 Å². The van der Waals surface area contributed by atoms with Crippen molar-refractivity contribution in [3.05, 3.63) is 16.1 Å². The average molecular weight is 195 g/mol. The smallest absolute Gasteiger partial charge is 0.0961 e. The van der Waals surface area contributed by atoms with Gasteiger partial charge in [-0.05, 0) is 18.8 Å². The minimum Gasteiger partial charge on any atom is -0.249 e. The van der Waals surface area contributed by atoms with Crippen LogP contribution in [0.15, 0.2) is 6.20 Å². The molecule has 1 aliphatic rings. The van der Waals surface area contributed by atoms with Gasteiger partial charge >= 0.3 is 0 Å². The van der Waals surface area contributed by atoms with Crippen LogP contribution in [-0.4, -0.2) is 4.98 Å². The fraction of sp³-hybridized carbons (Fsp3) is 0.727. The summed E-state index contributed by atoms with van der Waals surface area (Å²) in [6, 6.07) is 0. The van der Waals surface area contributed by atoms with E-state index >= 15 is 0 Å². The Balaban J connectivity index is 2.15. The van der Waals surface area contributed by atoms with E-state index in [9.17, 15) is 0 Å². The standard InChI is InChI=1S/C11H17NS/c1-3-9-7-12-11(13-9)10-6-4-5-8(10)2/h7-8,10H,3-6H2,1-2H3. The zero-order valence-electron chi connectivity index (χ0n) is 8.42. The van der Waals surface area contributed by atoms with E-state index in [-0.39, 0.29) is 0 Å². The molecule has 1 nitrogen and oxygen atoms in total. The second-order valence-corrected chi connectivity index (χ2v) is 5.18. The number of nitrogens with zero attached hydrogens (tertiary/aromatic N) is 1. The van der Waals surface area contributed by atoms with Crippen LogP contribution in [0.2, 0.25) is 0 Å². The average Bonchev–Trinajstić information content (AvgIpc) is 2.71. The third-order valence-corrected chi connectivity index (χ3v) is 4.37. The maximum absolute atomic E-state index is 4.54. The molecule has 0 bridgehead atoms. The summed E-state index contributed by atoms with van der Waals surface area (Å²) in [6.07, 6.45) is 7.35. The lowest BCUT2D eigenvalue weighted by molar-refractivity contribution is 0.531. The van der Waals surface area contributed by atoms with Crippen molar-refractivity contribution in [2.75, 3.05) is 0 Å². The van der Waals surface area contributed by atoms with Gasteiger partial charge in [0.05, 0.1) is 5.01 Å². The molecule has 0 saturated heterocycles. The lowest BCUT2D eigenvalue weighted by Crippen LogP contribution is -2.00. The molecular weight excluding hydrogens is 178 g/mol. The number of hydrogen-bond acceptors (Lipinski definition) is 2. The van der Waals surface area contributed by atoms with Gasteiger partial charge in [0.2, 0.25) is 0 Å². The highest BCUT2D eigenvalue weighted by molar-refractivity contribution is 7.11. The first-order chi connectivity index (χ1) is 6.31. The van der Waals surface area contributed by atoms with Crippen molar-refractivity contribution in [1.82, 2.24) is 4.98 Å². The number of aryl methyl sites for hydroxylation is 1. The van der Waals surface area contributed by atoms with Crippen molar-refractivity contribution < 1.29 is 0 Å². The second kappa shape index (κ2) is 3.79. The van der Waals surface area contributed by atoms with Gasteiger partial charge in [-0.3, -0.25) is 0 Å². The van der Waals surface area contributed by atoms with E-state index in [4.69, 9.17) is 0 Å². The van der Waals surface area contributed by atoms with Crippen LogP contribution in [0.3, 0.4) is 0 Å². The molecule has 1 saturated carbocycles. The maximum Gasteiger partial charge on any atom is 0.0961 e. The normalized spacial score (nSPS) is 28.2. The van der Waals surface area contributed by atoms with E-state index in [0.717, 1.165) is 18.3 Å². The minimum absolute atomic E-state index is 0.769. The van der Waals surface area contributed by atoms with Gasteiger partial charge < -0.3 is 0 Å². The molecule has 1 aliphatic carbocycles. The van der Waals surface area contributed by atoms with E-state index in [1.54, 1.807) is 0 Å². The Kier molecular flexibility index (Phi) is 2.68. The number of aromatic nitrogens is 1. The molecule has 0 aliphatic heterocycles. The monoisotopic (exact) mass is 195 g/mol. The van der Waals surface area contributed by atoms with Gasteiger partial charge in [-0.15, -0.1) is 11.3 Å². The number of hydrogen-bond donors (Lipinski definition) is 0. The second-order valence-electron chi connectivity index (χ2n) is 4.03. The molecule has 0 N–H and O–H groups in total. The van der Waals surface area contributed by atoms with Gasteiger partial charge in [0, 0.05) is 17.0 Å². The first kappa shape index (κ1) is 9.20. The molecule has 0 amide bonds. The van der Waals surface area contributed by atoms with Crippen molar-refractivity contribution in [3.63, 3.8) is 0 Å². The Hall–Kier alpha value is -0.370. The van der Waals surface area contributed by atoms with Crippen LogP contribution in [0.1, 0.15) is 48.9 Å². The summed E-state index contributed by atoms with van der Waals surface area (Å²) >= 11 is 1.92. The molecule has 72 valence electrons. The molecule has 13 heavy (non-hydrogen) atoms. The van der Waals surface area contributed by atoms with Crippen LogP contribution in [0.25, 0.3) is 0 Å². The molecule has 0 aromatic carbocycles. The Morgan fingerprint density at radius 2 is 2.38 bits per heavy atom. The van der Waals surface area contributed by atoms with Crippen molar-refractivity contribution >= 4 is 11.3 Å². The fourth-order valence-corrected chi connectivity index (χ4v) is 3.30. The highest BCUT2D eigenvalue weighted by atomic mass is 32.1. The lowest BCUT2D eigenvalue weighted by Gasteiger charge is -2.10. The van der Waals surface area contributed by atoms with E-state index in [1.807, 2.05) is 11.3 Å². The van der Waals surface area contributed by atoms with Gasteiger partial charge in [0.25, 0.3) is 0 Å². The van der Waals surface area contributed by atoms with Crippen molar-refractivity contribution in [1.29, 1.82) is 0 Å². The lowest BCUT2D eigenvalue weighted by atomic mass is 9.99. The van der Waals surface area contributed by atoms with Gasteiger partial charge in [-0.1, -0.05) is 26.7 Å². The zero-order valence-corrected chi connectivity index (χ0v) is 9.23.